The van der Waals surface area contributed by atoms with Crippen molar-refractivity contribution in [3.8, 4) is 6.07 Å². The third-order valence-electron chi connectivity index (χ3n) is 3.92. The highest BCUT2D eigenvalue weighted by Crippen LogP contribution is 2.25. The molecule has 0 amide bonds. The molecule has 0 unspecified atom stereocenters. The van der Waals surface area contributed by atoms with Crippen LogP contribution in [0.2, 0.25) is 5.02 Å². The van der Waals surface area contributed by atoms with Crippen molar-refractivity contribution in [2.75, 3.05) is 0 Å². The molecule has 0 atom stereocenters. The number of thioether (sulfide) groups is 1. The number of fused-ring (bicyclic) bond motifs is 1. The number of aromatic nitrogens is 2. The fraction of sp³-hybridized carbons (Fsp3) is 0.250. The van der Waals surface area contributed by atoms with Gasteiger partial charge in [-0.1, -0.05) is 55.4 Å². The van der Waals surface area contributed by atoms with Crippen molar-refractivity contribution in [1.82, 2.24) is 9.55 Å². The number of hydrogen-bond acceptors (Lipinski definition) is 4. The Bertz CT molecular complexity index is 1050. The first kappa shape index (κ1) is 18.5. The van der Waals surface area contributed by atoms with Crippen molar-refractivity contribution in [3.63, 3.8) is 0 Å². The molecule has 0 aliphatic heterocycles. The van der Waals surface area contributed by atoms with Crippen molar-refractivity contribution in [2.24, 2.45) is 5.92 Å². The van der Waals surface area contributed by atoms with Crippen molar-refractivity contribution >= 4 is 34.3 Å². The van der Waals surface area contributed by atoms with E-state index in [0.717, 1.165) is 5.56 Å². The second kappa shape index (κ2) is 7.94. The van der Waals surface area contributed by atoms with Gasteiger partial charge in [-0.3, -0.25) is 9.36 Å². The molecular formula is C20H18ClN3OS. The van der Waals surface area contributed by atoms with Crippen molar-refractivity contribution in [1.29, 1.82) is 5.26 Å². The van der Waals surface area contributed by atoms with Crippen LogP contribution in [0.25, 0.3) is 10.9 Å². The number of nitriles is 1. The average molecular weight is 384 g/mol. The lowest BCUT2D eigenvalue weighted by Gasteiger charge is -2.15. The molecule has 0 saturated heterocycles. The van der Waals surface area contributed by atoms with Crippen LogP contribution in [0.4, 0.5) is 0 Å². The summed E-state index contributed by atoms with van der Waals surface area (Å²) < 4.78 is 1.72. The number of hydrogen-bond donors (Lipinski definition) is 0. The average Bonchev–Trinajstić information content (AvgIpc) is 2.62. The quantitative estimate of drug-likeness (QED) is 0.466. The Morgan fingerprint density at radius 2 is 2.04 bits per heavy atom. The summed E-state index contributed by atoms with van der Waals surface area (Å²) in [5.74, 6) is 0.880. The zero-order valence-electron chi connectivity index (χ0n) is 14.6. The van der Waals surface area contributed by atoms with Gasteiger partial charge in [-0.2, -0.15) is 5.26 Å². The van der Waals surface area contributed by atoms with Crippen LogP contribution >= 0.6 is 23.4 Å². The molecular weight excluding hydrogens is 366 g/mol. The SMILES string of the molecule is CC(C)Cn1c(SCc2ccccc2C#N)nc2cc(Cl)ccc2c1=O. The Morgan fingerprint density at radius 1 is 1.27 bits per heavy atom. The molecule has 0 aliphatic carbocycles. The van der Waals surface area contributed by atoms with Crippen LogP contribution in [0.5, 0.6) is 0 Å². The van der Waals surface area contributed by atoms with E-state index in [-0.39, 0.29) is 5.56 Å². The van der Waals surface area contributed by atoms with E-state index in [2.05, 4.69) is 24.9 Å². The Hall–Kier alpha value is -2.29. The maximum Gasteiger partial charge on any atom is 0.262 e. The molecule has 3 rings (SSSR count). The Kier molecular flexibility index (Phi) is 5.65. The van der Waals surface area contributed by atoms with E-state index < -0.39 is 0 Å². The highest BCUT2D eigenvalue weighted by atomic mass is 35.5. The van der Waals surface area contributed by atoms with Gasteiger partial charge < -0.3 is 0 Å². The normalized spacial score (nSPS) is 11.0. The Balaban J connectivity index is 2.05. The minimum absolute atomic E-state index is 0.0589. The number of rotatable bonds is 5. The molecule has 0 spiro atoms. The number of nitrogens with zero attached hydrogens (tertiary/aromatic N) is 3. The van der Waals surface area contributed by atoms with E-state index in [9.17, 15) is 10.1 Å². The molecule has 26 heavy (non-hydrogen) atoms. The van der Waals surface area contributed by atoms with Gasteiger partial charge in [-0.15, -0.1) is 0 Å². The van der Waals surface area contributed by atoms with Gasteiger partial charge in [0.25, 0.3) is 5.56 Å². The largest absolute Gasteiger partial charge is 0.287 e. The van der Waals surface area contributed by atoms with Gasteiger partial charge in [0.05, 0.1) is 22.5 Å². The van der Waals surface area contributed by atoms with Gasteiger partial charge in [0.2, 0.25) is 0 Å². The predicted molar refractivity (Wildman–Crippen MR) is 107 cm³/mol. The molecule has 0 saturated carbocycles. The van der Waals surface area contributed by atoms with Crippen LogP contribution in [-0.2, 0) is 12.3 Å². The van der Waals surface area contributed by atoms with E-state index >= 15 is 0 Å². The van der Waals surface area contributed by atoms with Crippen molar-refractivity contribution in [3.05, 3.63) is 69.0 Å². The zero-order valence-corrected chi connectivity index (χ0v) is 16.1. The first-order valence-electron chi connectivity index (χ1n) is 8.30. The molecule has 3 aromatic rings. The molecule has 6 heteroatoms. The number of benzene rings is 2. The molecule has 0 aliphatic rings. The van der Waals surface area contributed by atoms with Crippen molar-refractivity contribution in [2.45, 2.75) is 31.3 Å². The first-order chi connectivity index (χ1) is 12.5. The highest BCUT2D eigenvalue weighted by Gasteiger charge is 2.14. The summed E-state index contributed by atoms with van der Waals surface area (Å²) >= 11 is 7.53. The summed E-state index contributed by atoms with van der Waals surface area (Å²) in [6.07, 6.45) is 0. The summed E-state index contributed by atoms with van der Waals surface area (Å²) in [5, 5.41) is 11.0. The third kappa shape index (κ3) is 3.92. The third-order valence-corrected chi connectivity index (χ3v) is 5.18. The lowest BCUT2D eigenvalue weighted by atomic mass is 10.1. The molecule has 2 aromatic carbocycles. The fourth-order valence-corrected chi connectivity index (χ4v) is 3.89. The van der Waals surface area contributed by atoms with Crippen molar-refractivity contribution < 1.29 is 0 Å². The fourth-order valence-electron chi connectivity index (χ4n) is 2.71. The van der Waals surface area contributed by atoms with Crippen LogP contribution in [0.1, 0.15) is 25.0 Å². The minimum Gasteiger partial charge on any atom is -0.287 e. The molecule has 0 radical (unpaired) electrons. The monoisotopic (exact) mass is 383 g/mol. The first-order valence-corrected chi connectivity index (χ1v) is 9.67. The van der Waals surface area contributed by atoms with Crippen LogP contribution in [0, 0.1) is 17.2 Å². The van der Waals surface area contributed by atoms with Gasteiger partial charge in [-0.25, -0.2) is 4.98 Å². The summed E-state index contributed by atoms with van der Waals surface area (Å²) in [6, 6.07) is 14.8. The Morgan fingerprint density at radius 3 is 2.77 bits per heavy atom. The molecule has 0 fully saturated rings. The summed E-state index contributed by atoms with van der Waals surface area (Å²) in [5.41, 5.74) is 2.10. The highest BCUT2D eigenvalue weighted by molar-refractivity contribution is 7.98. The second-order valence-corrected chi connectivity index (χ2v) is 7.80. The van der Waals surface area contributed by atoms with E-state index in [1.54, 1.807) is 28.8 Å². The minimum atomic E-state index is -0.0589. The molecule has 0 N–H and O–H groups in total. The summed E-state index contributed by atoms with van der Waals surface area (Å²) in [4.78, 5) is 17.6. The van der Waals surface area contributed by atoms with Gasteiger partial charge >= 0.3 is 0 Å². The van der Waals surface area contributed by atoms with E-state index in [4.69, 9.17) is 11.6 Å². The molecule has 0 bridgehead atoms. The molecule has 4 nitrogen and oxygen atoms in total. The lowest BCUT2D eigenvalue weighted by Crippen LogP contribution is -2.25. The van der Waals surface area contributed by atoms with Crippen LogP contribution in [0.3, 0.4) is 0 Å². The standard InChI is InChI=1S/C20H18ClN3OS/c1-13(2)11-24-19(25)17-8-7-16(21)9-18(17)23-20(24)26-12-15-6-4-3-5-14(15)10-22/h3-9,13H,11-12H2,1-2H3. The summed E-state index contributed by atoms with van der Waals surface area (Å²) in [7, 11) is 0. The topological polar surface area (TPSA) is 58.7 Å². The van der Waals surface area contributed by atoms with E-state index in [1.165, 1.54) is 11.8 Å². The van der Waals surface area contributed by atoms with Crippen LogP contribution < -0.4 is 5.56 Å². The van der Waals surface area contributed by atoms with Gasteiger partial charge in [0, 0.05) is 17.3 Å². The Labute approximate surface area is 161 Å². The van der Waals surface area contributed by atoms with E-state index in [1.807, 2.05) is 18.2 Å². The van der Waals surface area contributed by atoms with Crippen LogP contribution in [-0.4, -0.2) is 9.55 Å². The van der Waals surface area contributed by atoms with Gasteiger partial charge in [0.15, 0.2) is 5.16 Å². The molecule has 1 heterocycles. The smallest absolute Gasteiger partial charge is 0.262 e. The lowest BCUT2D eigenvalue weighted by molar-refractivity contribution is 0.475. The maximum atomic E-state index is 12.9. The molecule has 1 aromatic heterocycles. The number of halogens is 1. The van der Waals surface area contributed by atoms with E-state index in [0.29, 0.717) is 44.9 Å². The second-order valence-electron chi connectivity index (χ2n) is 6.42. The van der Waals surface area contributed by atoms with Gasteiger partial charge in [0.1, 0.15) is 0 Å². The van der Waals surface area contributed by atoms with Crippen LogP contribution in [0.15, 0.2) is 52.4 Å². The maximum absolute atomic E-state index is 12.9. The zero-order chi connectivity index (χ0) is 18.7. The van der Waals surface area contributed by atoms with Gasteiger partial charge in [-0.05, 0) is 35.7 Å². The predicted octanol–water partition coefficient (Wildman–Crippen LogP) is 4.87. The summed E-state index contributed by atoms with van der Waals surface area (Å²) in [6.45, 7) is 4.72. The molecule has 132 valence electrons.